The lowest BCUT2D eigenvalue weighted by Crippen LogP contribution is -2.13. The van der Waals surface area contributed by atoms with E-state index < -0.39 is 0 Å². The number of nitrogens with zero attached hydrogens (tertiary/aromatic N) is 1. The summed E-state index contributed by atoms with van der Waals surface area (Å²) >= 11 is 12.1. The predicted molar refractivity (Wildman–Crippen MR) is 99.7 cm³/mol. The zero-order valence-corrected chi connectivity index (χ0v) is 15.2. The summed E-state index contributed by atoms with van der Waals surface area (Å²) in [6.45, 7) is 0.0516. The SMILES string of the molecule is COc1cc2c(cc1OC)C(Cc1ccc(Cl)c(Cl)c1)=NCC(=O)N2. The summed E-state index contributed by atoms with van der Waals surface area (Å²) in [7, 11) is 3.11. The van der Waals surface area contributed by atoms with Crippen LogP contribution in [0.15, 0.2) is 35.3 Å². The number of rotatable bonds is 4. The van der Waals surface area contributed by atoms with Crippen molar-refractivity contribution < 1.29 is 14.3 Å². The summed E-state index contributed by atoms with van der Waals surface area (Å²) in [5.74, 6) is 0.925. The Kier molecular flexibility index (Phi) is 5.16. The van der Waals surface area contributed by atoms with Crippen LogP contribution in [0.4, 0.5) is 5.69 Å². The molecule has 0 aliphatic carbocycles. The first kappa shape index (κ1) is 17.6. The van der Waals surface area contributed by atoms with Gasteiger partial charge in [-0.05, 0) is 23.8 Å². The molecule has 0 radical (unpaired) electrons. The Morgan fingerprint density at radius 3 is 2.48 bits per heavy atom. The van der Waals surface area contributed by atoms with Crippen LogP contribution in [0.2, 0.25) is 10.0 Å². The number of aliphatic imine (C=N–C) groups is 1. The Bertz CT molecular complexity index is 866. The summed E-state index contributed by atoms with van der Waals surface area (Å²) in [5, 5.41) is 3.83. The van der Waals surface area contributed by atoms with Crippen molar-refractivity contribution in [2.45, 2.75) is 6.42 Å². The average molecular weight is 379 g/mol. The topological polar surface area (TPSA) is 59.9 Å². The molecule has 5 nitrogen and oxygen atoms in total. The van der Waals surface area contributed by atoms with Gasteiger partial charge in [-0.3, -0.25) is 9.79 Å². The first-order valence-corrected chi connectivity index (χ1v) is 8.31. The lowest BCUT2D eigenvalue weighted by Gasteiger charge is -2.15. The van der Waals surface area contributed by atoms with Crippen molar-refractivity contribution in [3.63, 3.8) is 0 Å². The second-order valence-corrected chi connectivity index (χ2v) is 6.30. The zero-order valence-electron chi connectivity index (χ0n) is 13.7. The van der Waals surface area contributed by atoms with E-state index in [4.69, 9.17) is 32.7 Å². The Labute approximate surface area is 155 Å². The first-order valence-electron chi connectivity index (χ1n) is 7.55. The second kappa shape index (κ2) is 7.33. The van der Waals surface area contributed by atoms with Crippen LogP contribution in [-0.2, 0) is 11.2 Å². The standard InChI is InChI=1S/C18H16Cl2N2O3/c1-24-16-7-11-14(6-10-3-4-12(19)13(20)5-10)21-9-18(23)22-15(11)8-17(16)25-2/h3-5,7-8H,6,9H2,1-2H3,(H,22,23). The summed E-state index contributed by atoms with van der Waals surface area (Å²) in [6, 6.07) is 8.98. The molecule has 2 aromatic rings. The highest BCUT2D eigenvalue weighted by Crippen LogP contribution is 2.35. The third kappa shape index (κ3) is 3.72. The molecule has 0 fully saturated rings. The molecule has 0 unspecified atom stereocenters. The molecule has 3 rings (SSSR count). The van der Waals surface area contributed by atoms with E-state index in [0.717, 1.165) is 16.8 Å². The maximum atomic E-state index is 12.0. The molecule has 0 saturated heterocycles. The largest absolute Gasteiger partial charge is 0.493 e. The van der Waals surface area contributed by atoms with Gasteiger partial charge in [-0.2, -0.15) is 0 Å². The van der Waals surface area contributed by atoms with Crippen LogP contribution in [0.5, 0.6) is 11.5 Å². The number of methoxy groups -OCH3 is 2. The van der Waals surface area contributed by atoms with Gasteiger partial charge in [0.25, 0.3) is 0 Å². The van der Waals surface area contributed by atoms with Crippen molar-refractivity contribution in [2.24, 2.45) is 4.99 Å². The molecule has 1 aliphatic rings. The number of benzene rings is 2. The summed E-state index contributed by atoms with van der Waals surface area (Å²) in [6.07, 6.45) is 0.508. The minimum atomic E-state index is -0.183. The predicted octanol–water partition coefficient (Wildman–Crippen LogP) is 3.99. The van der Waals surface area contributed by atoms with Crippen molar-refractivity contribution in [3.05, 3.63) is 51.5 Å². The normalized spacial score (nSPS) is 13.4. The van der Waals surface area contributed by atoms with Crippen molar-refractivity contribution in [1.82, 2.24) is 0 Å². The van der Waals surface area contributed by atoms with Crippen LogP contribution in [0.25, 0.3) is 0 Å². The number of anilines is 1. The summed E-state index contributed by atoms with van der Waals surface area (Å²) in [5.41, 5.74) is 3.13. The molecule has 0 bridgehead atoms. The molecule has 25 heavy (non-hydrogen) atoms. The van der Waals surface area contributed by atoms with E-state index in [0.29, 0.717) is 33.7 Å². The molecule has 0 atom stereocenters. The van der Waals surface area contributed by atoms with Gasteiger partial charge in [0.2, 0.25) is 5.91 Å². The number of carbonyl (C=O) groups is 1. The Balaban J connectivity index is 2.05. The van der Waals surface area contributed by atoms with E-state index in [1.165, 1.54) is 0 Å². The van der Waals surface area contributed by atoms with E-state index in [-0.39, 0.29) is 12.5 Å². The molecular formula is C18H16Cl2N2O3. The number of hydrogen-bond donors (Lipinski definition) is 1. The van der Waals surface area contributed by atoms with Gasteiger partial charge in [-0.1, -0.05) is 29.3 Å². The van der Waals surface area contributed by atoms with Crippen LogP contribution < -0.4 is 14.8 Å². The smallest absolute Gasteiger partial charge is 0.246 e. The Morgan fingerprint density at radius 2 is 1.80 bits per heavy atom. The second-order valence-electron chi connectivity index (χ2n) is 5.49. The van der Waals surface area contributed by atoms with Crippen molar-refractivity contribution in [1.29, 1.82) is 0 Å². The number of nitrogens with one attached hydrogen (secondary N) is 1. The third-order valence-electron chi connectivity index (χ3n) is 3.88. The third-order valence-corrected chi connectivity index (χ3v) is 4.62. The molecule has 1 amide bonds. The van der Waals surface area contributed by atoms with E-state index >= 15 is 0 Å². The average Bonchev–Trinajstić information content (AvgIpc) is 2.75. The van der Waals surface area contributed by atoms with E-state index in [1.54, 1.807) is 32.4 Å². The van der Waals surface area contributed by atoms with Gasteiger partial charge >= 0.3 is 0 Å². The summed E-state index contributed by atoms with van der Waals surface area (Å²) in [4.78, 5) is 16.4. The molecule has 0 aromatic heterocycles. The van der Waals surface area contributed by atoms with Gasteiger partial charge in [0.1, 0.15) is 6.54 Å². The highest BCUT2D eigenvalue weighted by atomic mass is 35.5. The van der Waals surface area contributed by atoms with Crippen molar-refractivity contribution in [3.8, 4) is 11.5 Å². The highest BCUT2D eigenvalue weighted by molar-refractivity contribution is 6.42. The zero-order chi connectivity index (χ0) is 18.0. The number of hydrogen-bond acceptors (Lipinski definition) is 4. The van der Waals surface area contributed by atoms with Crippen molar-refractivity contribution in [2.75, 3.05) is 26.1 Å². The number of amides is 1. The molecule has 1 aliphatic heterocycles. The lowest BCUT2D eigenvalue weighted by molar-refractivity contribution is -0.114. The van der Waals surface area contributed by atoms with Gasteiger partial charge in [0.15, 0.2) is 11.5 Å². The Morgan fingerprint density at radius 1 is 1.08 bits per heavy atom. The lowest BCUT2D eigenvalue weighted by atomic mass is 10.00. The van der Waals surface area contributed by atoms with Crippen LogP contribution in [-0.4, -0.2) is 32.4 Å². The fourth-order valence-corrected chi connectivity index (χ4v) is 2.98. The quantitative estimate of drug-likeness (QED) is 0.874. The minimum absolute atomic E-state index is 0.0516. The molecular weight excluding hydrogens is 363 g/mol. The monoisotopic (exact) mass is 378 g/mol. The fourth-order valence-electron chi connectivity index (χ4n) is 2.66. The van der Waals surface area contributed by atoms with E-state index in [2.05, 4.69) is 10.3 Å². The summed E-state index contributed by atoms with van der Waals surface area (Å²) < 4.78 is 10.7. The molecule has 0 saturated carbocycles. The van der Waals surface area contributed by atoms with Crippen LogP contribution in [0.3, 0.4) is 0 Å². The van der Waals surface area contributed by atoms with Gasteiger partial charge in [0, 0.05) is 23.8 Å². The minimum Gasteiger partial charge on any atom is -0.493 e. The number of benzodiazepines with no additional fused rings is 1. The Hall–Kier alpha value is -2.24. The van der Waals surface area contributed by atoms with Crippen LogP contribution >= 0.6 is 23.2 Å². The molecule has 130 valence electrons. The van der Waals surface area contributed by atoms with Gasteiger partial charge < -0.3 is 14.8 Å². The number of halogens is 2. The molecule has 1 N–H and O–H groups in total. The van der Waals surface area contributed by atoms with Gasteiger partial charge in [-0.25, -0.2) is 0 Å². The van der Waals surface area contributed by atoms with E-state index in [9.17, 15) is 4.79 Å². The molecule has 2 aromatic carbocycles. The number of carbonyl (C=O) groups excluding carboxylic acids is 1. The van der Waals surface area contributed by atoms with Crippen molar-refractivity contribution >= 4 is 40.5 Å². The van der Waals surface area contributed by atoms with Crippen LogP contribution in [0, 0.1) is 0 Å². The number of fused-ring (bicyclic) bond motifs is 1. The van der Waals surface area contributed by atoms with E-state index in [1.807, 2.05) is 12.1 Å². The van der Waals surface area contributed by atoms with Crippen LogP contribution in [0.1, 0.15) is 11.1 Å². The highest BCUT2D eigenvalue weighted by Gasteiger charge is 2.20. The fraction of sp³-hybridized carbons (Fsp3) is 0.222. The first-order chi connectivity index (χ1) is 12.0. The molecule has 7 heteroatoms. The molecule has 0 spiro atoms. The number of ether oxygens (including phenoxy) is 2. The molecule has 1 heterocycles. The van der Waals surface area contributed by atoms with Gasteiger partial charge in [-0.15, -0.1) is 0 Å². The van der Waals surface area contributed by atoms with Gasteiger partial charge in [0.05, 0.1) is 30.0 Å². The maximum absolute atomic E-state index is 12.0. The maximum Gasteiger partial charge on any atom is 0.246 e.